The van der Waals surface area contributed by atoms with E-state index in [9.17, 15) is 188 Å². The zero-order chi connectivity index (χ0) is 82.3. The van der Waals surface area contributed by atoms with Crippen molar-refractivity contribution in [1.82, 2.24) is 0 Å². The van der Waals surface area contributed by atoms with E-state index in [1.807, 2.05) is 0 Å². The molecule has 0 aliphatic carbocycles. The number of benzene rings is 1. The molecule has 1 aromatic rings. The van der Waals surface area contributed by atoms with E-state index >= 15 is 0 Å². The lowest BCUT2D eigenvalue weighted by Crippen LogP contribution is -2.69. The molecule has 0 aromatic heterocycles. The Morgan fingerprint density at radius 3 is 1.16 bits per heavy atom. The van der Waals surface area contributed by atoms with Crippen LogP contribution in [0.1, 0.15) is 5.56 Å². The van der Waals surface area contributed by atoms with Gasteiger partial charge in [0.25, 0.3) is 0 Å². The van der Waals surface area contributed by atoms with Gasteiger partial charge in [0.05, 0.1) is 18.9 Å². The Labute approximate surface area is 592 Å². The molecule has 0 amide bonds. The normalized spacial score (nSPS) is 25.0. The molecule has 23 N–H and O–H groups in total. The quantitative estimate of drug-likeness (QED) is 0.0125. The lowest BCUT2D eigenvalue weighted by atomic mass is 9.86. The lowest BCUT2D eigenvalue weighted by Gasteiger charge is -2.50. The van der Waals surface area contributed by atoms with Crippen LogP contribution in [0.5, 0.6) is 5.75 Å². The van der Waals surface area contributed by atoms with Gasteiger partial charge >= 0.3 is 167 Å². The molecule has 105 heavy (non-hydrogen) atoms. The van der Waals surface area contributed by atoms with Gasteiger partial charge in [0.2, 0.25) is 12.1 Å². The predicted molar refractivity (Wildman–Crippen MR) is 307 cm³/mol. The van der Waals surface area contributed by atoms with Gasteiger partial charge in [-0.2, -0.15) is 84.2 Å². The number of anilines is 2. The minimum atomic E-state index is -8.41. The molecule has 3 rings (SSSR count). The number of phenolic OH excluding ortho intramolecular Hbond substituents is 1. The zero-order valence-electron chi connectivity index (χ0n) is 49.8. The van der Waals surface area contributed by atoms with Crippen molar-refractivity contribution in [3.63, 3.8) is 0 Å². The fourth-order valence-electron chi connectivity index (χ4n) is 7.58. The van der Waals surface area contributed by atoms with Crippen molar-refractivity contribution in [3.05, 3.63) is 17.7 Å². The topological polar surface area (TPSA) is 1010 Å². The summed E-state index contributed by atoms with van der Waals surface area (Å²) in [5.41, 5.74) is -3.18. The van der Waals surface area contributed by atoms with Gasteiger partial charge in [-0.25, -0.2) is 58.7 Å². The Morgan fingerprint density at radius 2 is 0.771 bits per heavy atom. The predicted octanol–water partition coefficient (Wildman–Crippen LogP) is -17.9. The number of ether oxygens (including phenoxy) is 2. The van der Waals surface area contributed by atoms with E-state index in [-0.39, 0.29) is 0 Å². The molecular weight excluding hydrogens is 1830 g/mol. The highest BCUT2D eigenvalue weighted by Crippen LogP contribution is 2.51. The van der Waals surface area contributed by atoms with Gasteiger partial charge in [-0.3, -0.25) is 36.4 Å². The maximum Gasteiger partial charge on any atom is 0.715 e. The van der Waals surface area contributed by atoms with Gasteiger partial charge in [0, 0.05) is 45.5 Å². The molecular formula is C22H50N2O64S10Si7. The number of nitrogens with zero attached hydrogens (tertiary/aromatic N) is 2. The molecule has 83 heteroatoms. The van der Waals surface area contributed by atoms with E-state index in [0.717, 1.165) is 33.1 Å². The summed E-state index contributed by atoms with van der Waals surface area (Å²) in [6.07, 6.45) is -34.4. The Balaban J connectivity index is 2.53. The molecule has 12 atom stereocenters. The van der Waals surface area contributed by atoms with Crippen LogP contribution in [-0.4, -0.2) is 353 Å². The average molecular weight is 1880 g/mol. The van der Waals surface area contributed by atoms with Crippen LogP contribution in [0.4, 0.5) is 11.4 Å². The zero-order valence-corrected chi connectivity index (χ0v) is 64.9. The highest BCUT2D eigenvalue weighted by molar-refractivity contribution is 7.84. The van der Waals surface area contributed by atoms with Crippen LogP contribution in [0.2, 0.25) is 0 Å². The van der Waals surface area contributed by atoms with Crippen LogP contribution < -0.4 is 9.80 Å². The summed E-state index contributed by atoms with van der Waals surface area (Å²) in [5, 5.41) is 10.9. The largest absolute Gasteiger partial charge is 0.715 e. The molecule has 2 saturated heterocycles. The minimum absolute atomic E-state index is 0.330. The van der Waals surface area contributed by atoms with E-state index in [1.54, 1.807) is 0 Å². The maximum absolute atomic E-state index is 14.3. The van der Waals surface area contributed by atoms with E-state index in [0.29, 0.717) is 17.0 Å². The number of rotatable bonds is 42. The lowest BCUT2D eigenvalue weighted by molar-refractivity contribution is -0.332. The first-order valence-electron chi connectivity index (χ1n) is 24.1. The van der Waals surface area contributed by atoms with E-state index in [1.165, 1.54) is 0 Å². The van der Waals surface area contributed by atoms with Gasteiger partial charge in [0.1, 0.15) is 42.4 Å². The molecule has 0 bridgehead atoms. The van der Waals surface area contributed by atoms with Gasteiger partial charge in [-0.1, -0.05) is 0 Å². The summed E-state index contributed by atoms with van der Waals surface area (Å²) in [7, 11) is -117. The Bertz CT molecular complexity index is 4440. The molecule has 1 aromatic carbocycles. The summed E-state index contributed by atoms with van der Waals surface area (Å²) in [6, 6.07) is 0.796. The van der Waals surface area contributed by atoms with Crippen LogP contribution in [-0.2, 0) is 199 Å². The average Bonchev–Trinajstić information content (AvgIpc) is 0.715. The molecule has 2 unspecified atom stereocenters. The molecule has 2 fully saturated rings. The molecule has 0 radical (unpaired) electrons. The molecule has 0 spiro atoms. The van der Waals surface area contributed by atoms with Crippen molar-refractivity contribution in [2.45, 2.75) is 60.9 Å². The van der Waals surface area contributed by atoms with E-state index in [2.05, 4.69) is 84.0 Å². The number of hydrogen-bond acceptors (Lipinski definition) is 58. The molecule has 2 aliphatic heterocycles. The standard InChI is InChI=1S/C22H50N2O64S10Si7/c1-23(2)10-6-12(25)11(24(3)4)5-9(10)22(79-96(47,48)49)20(77-94(41,42)43)18(16(73-92(35,36)37)14(71-22)8-69-90(29,30)31)76-98(52,53)83-105(67,88-103(64,65)85-100(57,58)59)86-101(60,61)80-81-104(66,87-102(62,63)84-99(54,55)56)82-97(50,51)75-17-15(72-91(32,33)34)13(7-68-89(26,27)28)70-21(78-95(44,45)46)19(17)74-93(38,39)40/h5-6,13-21,25,54-67H,7-8H2,1-4H3,(H,26,27,28)(H,29,30,31)(H,32,33,34)(H,35,36,37)(H,38,39,40)(H,41,42,43)(H,44,45,46)(H,47,48,49)/t13-,14-,15-,16-,17-,18-,19-,20-,21-,22-,104?,105?/m0/s1. The van der Waals surface area contributed by atoms with Crippen LogP contribution >= 0.6 is 0 Å². The second-order valence-electron chi connectivity index (χ2n) is 19.0. The van der Waals surface area contributed by atoms with Crippen LogP contribution in [0.3, 0.4) is 0 Å². The number of aromatic hydroxyl groups is 1. The fourth-order valence-corrected chi connectivity index (χ4v) is 25.6. The smallest absolute Gasteiger partial charge is 0.506 e. The van der Waals surface area contributed by atoms with E-state index in [4.69, 9.17) is 9.29 Å². The van der Waals surface area contributed by atoms with Crippen LogP contribution in [0.15, 0.2) is 12.1 Å². The summed E-state index contributed by atoms with van der Waals surface area (Å²) in [6.45, 7) is -4.60. The van der Waals surface area contributed by atoms with Crippen LogP contribution in [0, 0.1) is 0 Å². The van der Waals surface area contributed by atoms with Crippen molar-refractivity contribution in [2.75, 3.05) is 51.2 Å². The van der Waals surface area contributed by atoms with Crippen molar-refractivity contribution in [2.24, 2.45) is 0 Å². The maximum atomic E-state index is 14.3. The van der Waals surface area contributed by atoms with Gasteiger partial charge in [-0.05, 0) is 6.07 Å². The summed E-state index contributed by atoms with van der Waals surface area (Å²) >= 11 is 0. The highest BCUT2D eigenvalue weighted by atomic mass is 32.3. The molecule has 2 aliphatic rings. The van der Waals surface area contributed by atoms with Crippen molar-refractivity contribution in [3.8, 4) is 5.75 Å². The Kier molecular flexibility index (Phi) is 31.0. The monoisotopic (exact) mass is 1880 g/mol. The summed E-state index contributed by atoms with van der Waals surface area (Å²) < 4.78 is 413. The van der Waals surface area contributed by atoms with Crippen LogP contribution in [0.25, 0.3) is 0 Å². The SMILES string of the molecule is CN(C)c1cc([C@@]2(OS(=O)(=O)O)O[C@@H](COS(=O)(=O)O)[C@H](OS(=O)(=O)O)[C@H](OS(=O)(=O)O[Si](O)(O[Si](O)(O)OO[Si](O)(O[Si](O)(O)O[Si](O)(O)O)OS(=O)(=O)O[C@@H]3[C@H](OS(=O)(=O)O)[C@H](OS(=O)(=O)O)O[C@@H](COS(=O)(=O)O)[C@@H]3OS(=O)(=O)O)O[Si](O)(O)O[Si](O)(O)O)[C@@H]2OS(=O)(=O)O)c(N(C)C)cc1O. The molecule has 2 heterocycles. The van der Waals surface area contributed by atoms with Crippen molar-refractivity contribution in [1.29, 1.82) is 0 Å². The second kappa shape index (κ2) is 33.5. The van der Waals surface area contributed by atoms with Gasteiger partial charge < -0.3 is 112 Å². The first-order chi connectivity index (χ1) is 46.1. The second-order valence-corrected chi connectivity index (χ2v) is 42.9. The third kappa shape index (κ3) is 34.0. The minimum Gasteiger partial charge on any atom is -0.506 e. The van der Waals surface area contributed by atoms with E-state index < -0.39 is 264 Å². The first-order valence-corrected chi connectivity index (χ1v) is 49.7. The third-order valence-corrected chi connectivity index (χ3v) is 29.5. The highest BCUT2D eigenvalue weighted by Gasteiger charge is 2.70. The van der Waals surface area contributed by atoms with Crippen molar-refractivity contribution < 1.29 is 282 Å². The summed E-state index contributed by atoms with van der Waals surface area (Å²) in [4.78, 5) is 144. The van der Waals surface area contributed by atoms with Crippen molar-refractivity contribution >= 4 is 179 Å². The first kappa shape index (κ1) is 97.1. The molecule has 620 valence electrons. The summed E-state index contributed by atoms with van der Waals surface area (Å²) in [5.74, 6) is -5.60. The van der Waals surface area contributed by atoms with Gasteiger partial charge in [0.15, 0.2) is 12.2 Å². The molecule has 66 nitrogen and oxygen atoms in total. The Hall–Kier alpha value is -2.08. The Morgan fingerprint density at radius 1 is 0.400 bits per heavy atom. The number of hydrogen-bond donors (Lipinski definition) is 23. The van der Waals surface area contributed by atoms with Gasteiger partial charge in [-0.15, -0.1) is 0 Å². The molecule has 0 saturated carbocycles. The fraction of sp³-hybridized carbons (Fsp3) is 0.727. The number of phenols is 1. The third-order valence-electron chi connectivity index (χ3n) is 10.3.